The number of sulfonamides is 1. The molecule has 1 atom stereocenters. The fourth-order valence-electron chi connectivity index (χ4n) is 1.90. The van der Waals surface area contributed by atoms with Crippen LogP contribution >= 0.6 is 0 Å². The standard InChI is InChI=1S/C17H22FNO4S/c1-13(2)16(17(20)21)19-24(22,23)15-10-8-14(9-11-15)7-5-3-4-6-12-18/h8-11,13,16,19H,3-4,6,12H2,1-2H3,(H,20,21)/t16-/m1/s1/i18-1. The molecule has 1 aromatic rings. The first kappa shape index (κ1) is 20.1. The highest BCUT2D eigenvalue weighted by molar-refractivity contribution is 7.89. The molecule has 0 radical (unpaired) electrons. The van der Waals surface area contributed by atoms with E-state index in [1.807, 2.05) is 0 Å². The third-order valence-corrected chi connectivity index (χ3v) is 4.75. The van der Waals surface area contributed by atoms with Crippen LogP contribution in [0.1, 0.15) is 38.7 Å². The zero-order chi connectivity index (χ0) is 18.2. The van der Waals surface area contributed by atoms with Crippen LogP contribution < -0.4 is 4.72 Å². The Labute approximate surface area is 142 Å². The Morgan fingerprint density at radius 1 is 1.25 bits per heavy atom. The van der Waals surface area contributed by atoms with Gasteiger partial charge in [0.2, 0.25) is 10.0 Å². The highest BCUT2D eigenvalue weighted by Crippen LogP contribution is 2.13. The van der Waals surface area contributed by atoms with Gasteiger partial charge in [0, 0.05) is 12.0 Å². The lowest BCUT2D eigenvalue weighted by molar-refractivity contribution is -0.140. The van der Waals surface area contributed by atoms with E-state index < -0.39 is 22.0 Å². The lowest BCUT2D eigenvalue weighted by Crippen LogP contribution is -2.44. The van der Waals surface area contributed by atoms with Crippen LogP contribution in [0.15, 0.2) is 29.2 Å². The molecule has 0 unspecified atom stereocenters. The van der Waals surface area contributed by atoms with Gasteiger partial charge in [-0.2, -0.15) is 4.72 Å². The van der Waals surface area contributed by atoms with E-state index in [2.05, 4.69) is 16.6 Å². The molecule has 24 heavy (non-hydrogen) atoms. The molecular weight excluding hydrogens is 332 g/mol. The normalized spacial score (nSPS) is 12.5. The van der Waals surface area contributed by atoms with Crippen LogP contribution in [0.25, 0.3) is 0 Å². The van der Waals surface area contributed by atoms with Crippen molar-refractivity contribution in [3.05, 3.63) is 29.8 Å². The van der Waals surface area contributed by atoms with Crippen molar-refractivity contribution >= 4 is 16.0 Å². The van der Waals surface area contributed by atoms with Crippen LogP contribution in [0.2, 0.25) is 0 Å². The third kappa shape index (κ3) is 6.30. The molecule has 0 spiro atoms. The Morgan fingerprint density at radius 2 is 1.88 bits per heavy atom. The van der Waals surface area contributed by atoms with Crippen molar-refractivity contribution in [2.75, 3.05) is 6.67 Å². The second-order valence-electron chi connectivity index (χ2n) is 5.65. The van der Waals surface area contributed by atoms with Crippen LogP contribution in [0.4, 0.5) is 4.39 Å². The summed E-state index contributed by atoms with van der Waals surface area (Å²) in [5, 5.41) is 9.09. The quantitative estimate of drug-likeness (QED) is 0.555. The first-order valence-electron chi connectivity index (χ1n) is 7.68. The minimum Gasteiger partial charge on any atom is -0.480 e. The number of carbonyl (C=O) groups is 1. The van der Waals surface area contributed by atoms with Crippen molar-refractivity contribution in [1.82, 2.24) is 4.72 Å². The topological polar surface area (TPSA) is 83.5 Å². The molecule has 7 heteroatoms. The number of unbranched alkanes of at least 4 members (excludes halogenated alkanes) is 2. The van der Waals surface area contributed by atoms with Crippen molar-refractivity contribution < 1.29 is 22.7 Å². The van der Waals surface area contributed by atoms with Crippen molar-refractivity contribution in [2.24, 2.45) is 5.92 Å². The molecule has 1 aromatic carbocycles. The monoisotopic (exact) mass is 354 g/mol. The summed E-state index contributed by atoms with van der Waals surface area (Å²) >= 11 is 0. The first-order chi connectivity index (χ1) is 11.3. The minimum atomic E-state index is -3.92. The molecule has 0 bridgehead atoms. The zero-order valence-corrected chi connectivity index (χ0v) is 14.6. The molecule has 0 saturated heterocycles. The van der Waals surface area contributed by atoms with E-state index in [0.717, 1.165) is 0 Å². The van der Waals surface area contributed by atoms with Gasteiger partial charge in [-0.1, -0.05) is 25.7 Å². The average Bonchev–Trinajstić information content (AvgIpc) is 2.52. The molecule has 0 aliphatic carbocycles. The molecular formula is C17H22FNO4S. The fraction of sp³-hybridized carbons (Fsp3) is 0.471. The highest BCUT2D eigenvalue weighted by atomic mass is 32.2. The van der Waals surface area contributed by atoms with Gasteiger partial charge >= 0.3 is 5.97 Å². The number of carboxylic acids is 1. The maximum Gasteiger partial charge on any atom is 0.322 e. The van der Waals surface area contributed by atoms with E-state index in [1.165, 1.54) is 12.1 Å². The van der Waals surface area contributed by atoms with Crippen molar-refractivity contribution in [3.63, 3.8) is 0 Å². The summed E-state index contributed by atoms with van der Waals surface area (Å²) in [4.78, 5) is 11.1. The Morgan fingerprint density at radius 3 is 2.38 bits per heavy atom. The van der Waals surface area contributed by atoms with E-state index in [1.54, 1.807) is 26.0 Å². The SMILES string of the molecule is CC(C)[C@@H](NS(=O)(=O)c1ccc(C#CCCCC[18F])cc1)C(=O)O. The van der Waals surface area contributed by atoms with Gasteiger partial charge in [-0.25, -0.2) is 8.42 Å². The van der Waals surface area contributed by atoms with Gasteiger partial charge in [-0.15, -0.1) is 0 Å². The predicted molar refractivity (Wildman–Crippen MR) is 89.7 cm³/mol. The van der Waals surface area contributed by atoms with Crippen LogP contribution in [-0.4, -0.2) is 32.2 Å². The predicted octanol–water partition coefficient (Wildman–Crippen LogP) is 2.57. The molecule has 0 amide bonds. The van der Waals surface area contributed by atoms with E-state index in [-0.39, 0.29) is 17.5 Å². The molecule has 1 rings (SSSR count). The number of aliphatic carboxylic acids is 1. The van der Waals surface area contributed by atoms with Gasteiger partial charge in [-0.3, -0.25) is 9.18 Å². The summed E-state index contributed by atoms with van der Waals surface area (Å²) in [6.45, 7) is 2.90. The van der Waals surface area contributed by atoms with E-state index >= 15 is 0 Å². The Bertz CT molecular complexity index is 702. The van der Waals surface area contributed by atoms with E-state index in [9.17, 15) is 17.6 Å². The van der Waals surface area contributed by atoms with E-state index in [4.69, 9.17) is 5.11 Å². The minimum absolute atomic E-state index is 0.0163. The molecule has 0 saturated carbocycles. The highest BCUT2D eigenvalue weighted by Gasteiger charge is 2.27. The molecule has 0 aliphatic heterocycles. The second-order valence-corrected chi connectivity index (χ2v) is 7.37. The Balaban J connectivity index is 2.81. The van der Waals surface area contributed by atoms with Crippen LogP contribution in [-0.2, 0) is 14.8 Å². The molecule has 0 fully saturated rings. The molecule has 0 heterocycles. The number of rotatable bonds is 8. The number of benzene rings is 1. The number of carboxylic acid groups (broad SMARTS) is 1. The van der Waals surface area contributed by atoms with Gasteiger partial charge in [0.25, 0.3) is 0 Å². The maximum atomic E-state index is 12.2. The van der Waals surface area contributed by atoms with Gasteiger partial charge in [0.05, 0.1) is 11.6 Å². The van der Waals surface area contributed by atoms with E-state index in [0.29, 0.717) is 24.8 Å². The first-order valence-corrected chi connectivity index (χ1v) is 9.16. The number of nitrogens with one attached hydrogen (secondary N) is 1. The fourth-order valence-corrected chi connectivity index (χ4v) is 3.23. The number of hydrogen-bond donors (Lipinski definition) is 2. The smallest absolute Gasteiger partial charge is 0.322 e. The summed E-state index contributed by atoms with van der Waals surface area (Å²) in [6.07, 6.45) is 1.75. The lowest BCUT2D eigenvalue weighted by Gasteiger charge is -2.17. The maximum absolute atomic E-state index is 12.2. The molecule has 2 N–H and O–H groups in total. The van der Waals surface area contributed by atoms with Crippen molar-refractivity contribution in [3.8, 4) is 11.8 Å². The summed E-state index contributed by atoms with van der Waals surface area (Å²) in [5.74, 6) is 4.17. The van der Waals surface area contributed by atoms with Crippen LogP contribution in [0.5, 0.6) is 0 Å². The molecule has 0 aliphatic rings. The Hall–Kier alpha value is -1.91. The van der Waals surface area contributed by atoms with Crippen LogP contribution in [0, 0.1) is 17.8 Å². The second kappa shape index (κ2) is 9.40. The van der Waals surface area contributed by atoms with Gasteiger partial charge in [0.15, 0.2) is 0 Å². The summed E-state index contributed by atoms with van der Waals surface area (Å²) < 4.78 is 38.6. The third-order valence-electron chi connectivity index (χ3n) is 3.30. The average molecular weight is 354 g/mol. The van der Waals surface area contributed by atoms with Crippen LogP contribution in [0.3, 0.4) is 0 Å². The van der Waals surface area contributed by atoms with Gasteiger partial charge in [-0.05, 0) is 43.0 Å². The zero-order valence-electron chi connectivity index (χ0n) is 13.8. The summed E-state index contributed by atoms with van der Waals surface area (Å²) in [7, 11) is -3.92. The Kier molecular flexibility index (Phi) is 7.89. The largest absolute Gasteiger partial charge is 0.480 e. The van der Waals surface area contributed by atoms with Crippen molar-refractivity contribution in [2.45, 2.75) is 44.0 Å². The molecule has 132 valence electrons. The molecule has 0 aromatic heterocycles. The summed E-state index contributed by atoms with van der Waals surface area (Å²) in [5.41, 5.74) is 0.646. The number of halogens is 1. The summed E-state index contributed by atoms with van der Waals surface area (Å²) in [6, 6.07) is 4.69. The van der Waals surface area contributed by atoms with Gasteiger partial charge in [0.1, 0.15) is 6.04 Å². The lowest BCUT2D eigenvalue weighted by atomic mass is 10.1. The molecule has 5 nitrogen and oxygen atoms in total. The number of alkyl halides is 1. The number of hydrogen-bond acceptors (Lipinski definition) is 3. The van der Waals surface area contributed by atoms with Crippen molar-refractivity contribution in [1.29, 1.82) is 0 Å². The van der Waals surface area contributed by atoms with Gasteiger partial charge < -0.3 is 5.11 Å².